The quantitative estimate of drug-likeness (QED) is 0.513. The van der Waals surface area contributed by atoms with E-state index in [-0.39, 0.29) is 23.8 Å². The van der Waals surface area contributed by atoms with Crippen molar-refractivity contribution in [3.63, 3.8) is 0 Å². The van der Waals surface area contributed by atoms with Crippen molar-refractivity contribution in [2.24, 2.45) is 0 Å². The van der Waals surface area contributed by atoms with E-state index < -0.39 is 0 Å². The molecule has 5 rings (SSSR count). The number of aryl methyl sites for hydroxylation is 3. The Kier molecular flexibility index (Phi) is 6.20. The summed E-state index contributed by atoms with van der Waals surface area (Å²) in [6.07, 6.45) is 6.34. The maximum atomic E-state index is 13.0. The van der Waals surface area contributed by atoms with Crippen molar-refractivity contribution in [3.05, 3.63) is 93.6 Å². The number of fused-ring (bicyclic) bond motifs is 3. The third kappa shape index (κ3) is 4.40. The van der Waals surface area contributed by atoms with Gasteiger partial charge in [-0.05, 0) is 61.7 Å². The minimum Gasteiger partial charge on any atom is -0.461 e. The monoisotopic (exact) mass is 439 g/mol. The molecule has 0 saturated carbocycles. The lowest BCUT2D eigenvalue weighted by atomic mass is 10.1. The summed E-state index contributed by atoms with van der Waals surface area (Å²) >= 11 is 0. The van der Waals surface area contributed by atoms with Gasteiger partial charge in [0.05, 0.1) is 11.9 Å². The lowest BCUT2D eigenvalue weighted by Crippen LogP contribution is -2.17. The number of nitrogens with one attached hydrogen (secondary N) is 1. The summed E-state index contributed by atoms with van der Waals surface area (Å²) < 4.78 is 20.7. The first-order valence-corrected chi connectivity index (χ1v) is 10.2. The normalized spacial score (nSPS) is 13.5. The highest BCUT2D eigenvalue weighted by molar-refractivity contribution is 5.85. The summed E-state index contributed by atoms with van der Waals surface area (Å²) in [6.45, 7) is 1.82. The molecule has 0 atom stereocenters. The average Bonchev–Trinajstić information content (AvgIpc) is 2.93. The molecule has 7 heteroatoms. The number of hydrogen-bond acceptors (Lipinski definition) is 4. The molecule has 0 amide bonds. The van der Waals surface area contributed by atoms with Gasteiger partial charge < -0.3 is 9.73 Å². The number of hydrogen-bond donors (Lipinski definition) is 1. The van der Waals surface area contributed by atoms with Gasteiger partial charge in [-0.15, -0.1) is 12.4 Å². The molecule has 0 spiro atoms. The van der Waals surface area contributed by atoms with Gasteiger partial charge in [-0.1, -0.05) is 0 Å². The summed E-state index contributed by atoms with van der Waals surface area (Å²) in [7, 11) is 0. The summed E-state index contributed by atoms with van der Waals surface area (Å²) in [6, 6.07) is 12.6. The fraction of sp³-hybridized carbons (Fsp3) is 0.250. The van der Waals surface area contributed by atoms with E-state index in [4.69, 9.17) is 4.42 Å². The van der Waals surface area contributed by atoms with E-state index in [9.17, 15) is 9.18 Å². The van der Waals surface area contributed by atoms with Gasteiger partial charge >= 0.3 is 0 Å². The molecule has 0 aliphatic carbocycles. The van der Waals surface area contributed by atoms with Crippen LogP contribution in [0.5, 0.6) is 0 Å². The Morgan fingerprint density at radius 3 is 2.84 bits per heavy atom. The topological polar surface area (TPSA) is 60.1 Å². The van der Waals surface area contributed by atoms with Gasteiger partial charge in [0.15, 0.2) is 0 Å². The van der Waals surface area contributed by atoms with Gasteiger partial charge in [0, 0.05) is 47.9 Å². The lowest BCUT2D eigenvalue weighted by Gasteiger charge is -2.08. The van der Waals surface area contributed by atoms with Crippen molar-refractivity contribution < 1.29 is 8.81 Å². The second-order valence-electron chi connectivity index (χ2n) is 7.68. The number of nitrogens with zero attached hydrogens (tertiary/aromatic N) is 2. The van der Waals surface area contributed by atoms with Gasteiger partial charge in [-0.2, -0.15) is 0 Å². The molecule has 0 fully saturated rings. The Morgan fingerprint density at radius 2 is 2.03 bits per heavy atom. The molecule has 0 saturated heterocycles. The fourth-order valence-corrected chi connectivity index (χ4v) is 4.04. The second-order valence-corrected chi connectivity index (χ2v) is 7.68. The number of benzene rings is 1. The summed E-state index contributed by atoms with van der Waals surface area (Å²) in [5, 5.41) is 4.54. The Morgan fingerprint density at radius 1 is 1.13 bits per heavy atom. The molecule has 4 aromatic rings. The predicted molar refractivity (Wildman–Crippen MR) is 121 cm³/mol. The van der Waals surface area contributed by atoms with Gasteiger partial charge in [0.1, 0.15) is 17.2 Å². The van der Waals surface area contributed by atoms with Crippen molar-refractivity contribution in [2.75, 3.05) is 6.54 Å². The first kappa shape index (κ1) is 21.3. The predicted octanol–water partition coefficient (Wildman–Crippen LogP) is 4.36. The molecule has 1 N–H and O–H groups in total. The second kappa shape index (κ2) is 9.04. The van der Waals surface area contributed by atoms with Crippen LogP contribution in [0.3, 0.4) is 0 Å². The number of halogens is 2. The molecule has 0 bridgehead atoms. The molecular formula is C24H23ClFN3O2. The third-order valence-corrected chi connectivity index (χ3v) is 5.64. The summed E-state index contributed by atoms with van der Waals surface area (Å²) in [4.78, 5) is 16.8. The first-order valence-electron chi connectivity index (χ1n) is 10.2. The minimum atomic E-state index is -0.345. The largest absolute Gasteiger partial charge is 0.461 e. The van der Waals surface area contributed by atoms with Gasteiger partial charge in [0.2, 0.25) is 0 Å². The Hall–Kier alpha value is -2.96. The number of rotatable bonds is 4. The van der Waals surface area contributed by atoms with E-state index in [0.717, 1.165) is 59.6 Å². The van der Waals surface area contributed by atoms with Crippen LogP contribution in [0.2, 0.25) is 0 Å². The highest BCUT2D eigenvalue weighted by atomic mass is 35.5. The Bertz CT molecular complexity index is 1260. The van der Waals surface area contributed by atoms with Crippen LogP contribution in [0.25, 0.3) is 16.7 Å². The van der Waals surface area contributed by atoms with Crippen LogP contribution in [0.15, 0.2) is 64.1 Å². The molecule has 5 nitrogen and oxygen atoms in total. The molecule has 3 aromatic heterocycles. The van der Waals surface area contributed by atoms with Crippen LogP contribution >= 0.6 is 12.4 Å². The number of aromatic nitrogens is 2. The highest BCUT2D eigenvalue weighted by Gasteiger charge is 2.17. The smallest absolute Gasteiger partial charge is 0.255 e. The maximum Gasteiger partial charge on any atom is 0.255 e. The maximum absolute atomic E-state index is 13.0. The van der Waals surface area contributed by atoms with Crippen molar-refractivity contribution in [1.82, 2.24) is 14.9 Å². The average molecular weight is 440 g/mol. The molecule has 31 heavy (non-hydrogen) atoms. The molecule has 1 aliphatic heterocycles. The summed E-state index contributed by atoms with van der Waals surface area (Å²) in [5.41, 5.74) is 4.48. The summed E-state index contributed by atoms with van der Waals surface area (Å²) in [5.74, 6) is 0.701. The zero-order valence-electron chi connectivity index (χ0n) is 16.9. The zero-order chi connectivity index (χ0) is 20.5. The molecule has 0 radical (unpaired) electrons. The van der Waals surface area contributed by atoms with Crippen LogP contribution in [-0.4, -0.2) is 16.1 Å². The highest BCUT2D eigenvalue weighted by Crippen LogP contribution is 2.29. The van der Waals surface area contributed by atoms with Crippen LogP contribution in [-0.2, 0) is 25.8 Å². The molecule has 1 aliphatic rings. The molecule has 0 unspecified atom stereocenters. The van der Waals surface area contributed by atoms with Crippen molar-refractivity contribution >= 4 is 23.4 Å². The standard InChI is InChI=1S/C24H22FN3O2.ClH/c25-17-4-6-18(27-14-17)5-3-16-9-11-28(24(29)12-16)19-7-8-20-21-15-26-10-1-2-22(21)30-23(20)13-19;/h4,6-9,11-14,26H,1-3,5,10,15H2;1H. The zero-order valence-corrected chi connectivity index (χ0v) is 17.8. The fourth-order valence-electron chi connectivity index (χ4n) is 4.04. The van der Waals surface area contributed by atoms with Gasteiger partial charge in [-0.25, -0.2) is 4.39 Å². The number of pyridine rings is 2. The molecular weight excluding hydrogens is 417 g/mol. The van der Waals surface area contributed by atoms with Gasteiger partial charge in [0.25, 0.3) is 5.56 Å². The Labute approximate surface area is 185 Å². The SMILES string of the molecule is Cl.O=c1cc(CCc2ccc(F)cn2)ccn1-c1ccc2c3c(oc2c1)CCCNC3. The van der Waals surface area contributed by atoms with Crippen LogP contribution < -0.4 is 10.9 Å². The van der Waals surface area contributed by atoms with Gasteiger partial charge in [-0.3, -0.25) is 14.3 Å². The van der Waals surface area contributed by atoms with Crippen LogP contribution in [0.1, 0.15) is 29.0 Å². The van der Waals surface area contributed by atoms with E-state index in [2.05, 4.69) is 10.3 Å². The van der Waals surface area contributed by atoms with E-state index >= 15 is 0 Å². The van der Waals surface area contributed by atoms with Crippen molar-refractivity contribution in [1.29, 1.82) is 0 Å². The molecule has 1 aromatic carbocycles. The van der Waals surface area contributed by atoms with Crippen LogP contribution in [0, 0.1) is 5.82 Å². The van der Waals surface area contributed by atoms with Crippen molar-refractivity contribution in [3.8, 4) is 5.69 Å². The van der Waals surface area contributed by atoms with E-state index in [1.165, 1.54) is 17.8 Å². The minimum absolute atomic E-state index is 0. The Balaban J connectivity index is 0.00000231. The van der Waals surface area contributed by atoms with E-state index in [1.807, 2.05) is 24.3 Å². The molecule has 4 heterocycles. The van der Waals surface area contributed by atoms with Crippen LogP contribution in [0.4, 0.5) is 4.39 Å². The number of furan rings is 1. The van der Waals surface area contributed by atoms with E-state index in [0.29, 0.717) is 12.8 Å². The lowest BCUT2D eigenvalue weighted by molar-refractivity contribution is 0.541. The third-order valence-electron chi connectivity index (χ3n) is 5.64. The van der Waals surface area contributed by atoms with E-state index in [1.54, 1.807) is 22.9 Å². The first-order chi connectivity index (χ1) is 14.7. The molecule has 160 valence electrons. The van der Waals surface area contributed by atoms with Crippen molar-refractivity contribution in [2.45, 2.75) is 32.2 Å².